The Hall–Kier alpha value is -2.40. The summed E-state index contributed by atoms with van der Waals surface area (Å²) in [5, 5.41) is 12.3. The van der Waals surface area contributed by atoms with Gasteiger partial charge in [-0.3, -0.25) is 9.89 Å². The van der Waals surface area contributed by atoms with Crippen molar-refractivity contribution >= 4 is 23.1 Å². The van der Waals surface area contributed by atoms with Gasteiger partial charge in [-0.2, -0.15) is 5.10 Å². The maximum atomic E-state index is 12.3. The maximum Gasteiger partial charge on any atom is 0.230 e. The van der Waals surface area contributed by atoms with E-state index in [2.05, 4.69) is 46.0 Å². The van der Waals surface area contributed by atoms with Gasteiger partial charge in [0.2, 0.25) is 5.91 Å². The van der Waals surface area contributed by atoms with Gasteiger partial charge in [0.1, 0.15) is 0 Å². The number of hydrogen-bond acceptors (Lipinski definition) is 3. The number of amides is 1. The molecular formula is C19H19N3OS. The zero-order valence-corrected chi connectivity index (χ0v) is 14.4. The first-order chi connectivity index (χ1) is 11.7. The molecule has 2 N–H and O–H groups in total. The van der Waals surface area contributed by atoms with Crippen molar-refractivity contribution in [1.82, 2.24) is 10.2 Å². The van der Waals surface area contributed by atoms with E-state index in [0.717, 1.165) is 24.8 Å². The largest absolute Gasteiger partial charge is 0.309 e. The number of carbonyl (C=O) groups is 1. The van der Waals surface area contributed by atoms with Gasteiger partial charge < -0.3 is 5.32 Å². The molecule has 0 atom stereocenters. The van der Waals surface area contributed by atoms with Crippen LogP contribution < -0.4 is 5.32 Å². The minimum Gasteiger partial charge on any atom is -0.309 e. The summed E-state index contributed by atoms with van der Waals surface area (Å²) in [6.45, 7) is 2.11. The predicted octanol–water partition coefficient (Wildman–Crippen LogP) is 4.12. The number of rotatable bonds is 4. The number of H-pyrrole nitrogens is 1. The lowest BCUT2D eigenvalue weighted by Gasteiger charge is -2.05. The molecule has 0 saturated carbocycles. The molecule has 122 valence electrons. The Labute approximate surface area is 144 Å². The Morgan fingerprint density at radius 2 is 2.08 bits per heavy atom. The molecule has 0 aliphatic heterocycles. The minimum absolute atomic E-state index is 0.0182. The molecule has 0 fully saturated rings. The molecular weight excluding hydrogens is 318 g/mol. The van der Waals surface area contributed by atoms with E-state index in [4.69, 9.17) is 0 Å². The number of aryl methyl sites for hydroxylation is 2. The molecule has 0 spiro atoms. The molecule has 1 amide bonds. The SMILES string of the molecule is Cc1cc(-c2ccc(CC(=O)Nc3n[nH]c4c3CCC4)cc2)cs1. The van der Waals surface area contributed by atoms with Gasteiger partial charge >= 0.3 is 0 Å². The van der Waals surface area contributed by atoms with E-state index in [9.17, 15) is 4.79 Å². The number of anilines is 1. The number of fused-ring (bicyclic) bond motifs is 1. The highest BCUT2D eigenvalue weighted by molar-refractivity contribution is 7.10. The van der Waals surface area contributed by atoms with Crippen LogP contribution in [-0.2, 0) is 24.1 Å². The first-order valence-corrected chi connectivity index (χ1v) is 9.07. The van der Waals surface area contributed by atoms with Gasteiger partial charge in [-0.1, -0.05) is 24.3 Å². The Bertz CT molecular complexity index is 876. The second kappa shape index (κ2) is 6.24. The summed E-state index contributed by atoms with van der Waals surface area (Å²) in [5.41, 5.74) is 5.77. The van der Waals surface area contributed by atoms with Crippen LogP contribution in [0.2, 0.25) is 0 Å². The first-order valence-electron chi connectivity index (χ1n) is 8.19. The molecule has 0 unspecified atom stereocenters. The first kappa shape index (κ1) is 15.1. The van der Waals surface area contributed by atoms with Gasteiger partial charge in [-0.25, -0.2) is 0 Å². The number of benzene rings is 1. The van der Waals surface area contributed by atoms with Crippen molar-refractivity contribution in [1.29, 1.82) is 0 Å². The Morgan fingerprint density at radius 3 is 2.83 bits per heavy atom. The number of hydrogen-bond donors (Lipinski definition) is 2. The van der Waals surface area contributed by atoms with Gasteiger partial charge in [0.25, 0.3) is 0 Å². The number of nitrogens with one attached hydrogen (secondary N) is 2. The van der Waals surface area contributed by atoms with Crippen LogP contribution >= 0.6 is 11.3 Å². The van der Waals surface area contributed by atoms with Gasteiger partial charge in [0, 0.05) is 16.1 Å². The average Bonchev–Trinajstić information content (AvgIpc) is 3.27. The molecule has 1 aromatic carbocycles. The monoisotopic (exact) mass is 337 g/mol. The van der Waals surface area contributed by atoms with Gasteiger partial charge in [0.15, 0.2) is 5.82 Å². The summed E-state index contributed by atoms with van der Waals surface area (Å²) >= 11 is 1.75. The Morgan fingerprint density at radius 1 is 1.25 bits per heavy atom. The Balaban J connectivity index is 1.42. The summed E-state index contributed by atoms with van der Waals surface area (Å²) in [6, 6.07) is 10.4. The van der Waals surface area contributed by atoms with Crippen LogP contribution in [-0.4, -0.2) is 16.1 Å². The van der Waals surface area contributed by atoms with E-state index < -0.39 is 0 Å². The van der Waals surface area contributed by atoms with Crippen LogP contribution in [0, 0.1) is 6.92 Å². The summed E-state index contributed by atoms with van der Waals surface area (Å²) in [5.74, 6) is 0.688. The summed E-state index contributed by atoms with van der Waals surface area (Å²) in [7, 11) is 0. The van der Waals surface area contributed by atoms with Crippen molar-refractivity contribution in [3.05, 3.63) is 57.4 Å². The summed E-state index contributed by atoms with van der Waals surface area (Å²) < 4.78 is 0. The van der Waals surface area contributed by atoms with Crippen LogP contribution in [0.4, 0.5) is 5.82 Å². The standard InChI is InChI=1S/C19H19N3OS/c1-12-9-15(11-24-12)14-7-5-13(6-8-14)10-18(23)20-19-16-3-2-4-17(16)21-22-19/h5-9,11H,2-4,10H2,1H3,(H2,20,21,22,23). The molecule has 0 bridgehead atoms. The normalized spacial score (nSPS) is 13.0. The van der Waals surface area contributed by atoms with Crippen LogP contribution in [0.1, 0.15) is 28.1 Å². The van der Waals surface area contributed by atoms with E-state index in [0.29, 0.717) is 12.2 Å². The Kier molecular flexibility index (Phi) is 3.94. The molecule has 2 heterocycles. The molecule has 1 aliphatic carbocycles. The average molecular weight is 337 g/mol. The highest BCUT2D eigenvalue weighted by Crippen LogP contribution is 2.27. The van der Waals surface area contributed by atoms with Crippen LogP contribution in [0.5, 0.6) is 0 Å². The molecule has 4 rings (SSSR count). The number of aromatic amines is 1. The topological polar surface area (TPSA) is 57.8 Å². The number of nitrogens with zero attached hydrogens (tertiary/aromatic N) is 1. The molecule has 0 saturated heterocycles. The maximum absolute atomic E-state index is 12.3. The third-order valence-corrected chi connectivity index (χ3v) is 5.31. The van der Waals surface area contributed by atoms with Crippen molar-refractivity contribution in [2.24, 2.45) is 0 Å². The molecule has 24 heavy (non-hydrogen) atoms. The fourth-order valence-corrected chi connectivity index (χ4v) is 3.91. The van der Waals surface area contributed by atoms with E-state index in [1.165, 1.54) is 27.3 Å². The van der Waals surface area contributed by atoms with Gasteiger partial charge in [0.05, 0.1) is 6.42 Å². The van der Waals surface area contributed by atoms with Crippen molar-refractivity contribution in [3.8, 4) is 11.1 Å². The number of aromatic nitrogens is 2. The number of carbonyl (C=O) groups excluding carboxylic acids is 1. The molecule has 0 radical (unpaired) electrons. The van der Waals surface area contributed by atoms with Gasteiger partial charge in [-0.05, 0) is 54.3 Å². The molecule has 3 aromatic rings. The lowest BCUT2D eigenvalue weighted by molar-refractivity contribution is -0.115. The third kappa shape index (κ3) is 2.99. The zero-order valence-electron chi connectivity index (χ0n) is 13.6. The fourth-order valence-electron chi connectivity index (χ4n) is 3.19. The van der Waals surface area contributed by atoms with Crippen molar-refractivity contribution in [3.63, 3.8) is 0 Å². The summed E-state index contributed by atoms with van der Waals surface area (Å²) in [6.07, 6.45) is 3.53. The lowest BCUT2D eigenvalue weighted by atomic mass is 10.0. The van der Waals surface area contributed by atoms with Crippen molar-refractivity contribution < 1.29 is 4.79 Å². The van der Waals surface area contributed by atoms with E-state index in [1.54, 1.807) is 11.3 Å². The highest BCUT2D eigenvalue weighted by Gasteiger charge is 2.19. The molecule has 1 aliphatic rings. The van der Waals surface area contributed by atoms with E-state index in [1.807, 2.05) is 12.1 Å². The molecule has 2 aromatic heterocycles. The number of thiophene rings is 1. The van der Waals surface area contributed by atoms with Crippen LogP contribution in [0.15, 0.2) is 35.7 Å². The van der Waals surface area contributed by atoms with Crippen molar-refractivity contribution in [2.45, 2.75) is 32.6 Å². The van der Waals surface area contributed by atoms with E-state index >= 15 is 0 Å². The lowest BCUT2D eigenvalue weighted by Crippen LogP contribution is -2.15. The fraction of sp³-hybridized carbons (Fsp3) is 0.263. The zero-order chi connectivity index (χ0) is 16.5. The molecule has 4 nitrogen and oxygen atoms in total. The minimum atomic E-state index is -0.0182. The summed E-state index contributed by atoms with van der Waals surface area (Å²) in [4.78, 5) is 13.6. The van der Waals surface area contributed by atoms with Crippen LogP contribution in [0.25, 0.3) is 11.1 Å². The smallest absolute Gasteiger partial charge is 0.230 e. The molecule has 5 heteroatoms. The van der Waals surface area contributed by atoms with Crippen LogP contribution in [0.3, 0.4) is 0 Å². The highest BCUT2D eigenvalue weighted by atomic mass is 32.1. The quantitative estimate of drug-likeness (QED) is 0.752. The second-order valence-electron chi connectivity index (χ2n) is 6.25. The van der Waals surface area contributed by atoms with Crippen molar-refractivity contribution in [2.75, 3.05) is 5.32 Å². The van der Waals surface area contributed by atoms with E-state index in [-0.39, 0.29) is 5.91 Å². The third-order valence-electron chi connectivity index (χ3n) is 4.45. The second-order valence-corrected chi connectivity index (χ2v) is 7.37. The van der Waals surface area contributed by atoms with Gasteiger partial charge in [-0.15, -0.1) is 11.3 Å². The predicted molar refractivity (Wildman–Crippen MR) is 97.4 cm³/mol.